The Balaban J connectivity index is 2.32. The lowest BCUT2D eigenvalue weighted by molar-refractivity contribution is 0.100. The summed E-state index contributed by atoms with van der Waals surface area (Å²) in [5, 5.41) is 0.876. The Morgan fingerprint density at radius 2 is 1.96 bits per heavy atom. The minimum Gasteiger partial charge on any atom is -0.453 e. The normalized spacial score (nSPS) is 18.7. The Labute approximate surface area is 172 Å². The predicted molar refractivity (Wildman–Crippen MR) is 115 cm³/mol. The molecule has 0 spiro atoms. The number of thiophene rings is 1. The monoisotopic (exact) mass is 420 g/mol. The fourth-order valence-corrected chi connectivity index (χ4v) is 5.70. The zero-order valence-corrected chi connectivity index (χ0v) is 17.7. The highest BCUT2D eigenvalue weighted by Crippen LogP contribution is 2.52. The second-order valence-electron chi connectivity index (χ2n) is 6.37. The van der Waals surface area contributed by atoms with Crippen molar-refractivity contribution < 1.29 is 14.3 Å². The average Bonchev–Trinajstić information content (AvgIpc) is 3.05. The first kappa shape index (κ1) is 20.3. The Morgan fingerprint density at radius 3 is 2.50 bits per heavy atom. The van der Waals surface area contributed by atoms with Crippen LogP contribution in [0.15, 0.2) is 30.3 Å². The second kappa shape index (κ2) is 8.32. The zero-order valence-electron chi connectivity index (χ0n) is 16.0. The Hall–Kier alpha value is -2.39. The van der Waals surface area contributed by atoms with Gasteiger partial charge in [0.05, 0.1) is 18.8 Å². The molecule has 0 aliphatic carbocycles. The highest BCUT2D eigenvalue weighted by atomic mass is 32.2. The third-order valence-corrected chi connectivity index (χ3v) is 6.86. The maximum atomic E-state index is 12.9. The summed E-state index contributed by atoms with van der Waals surface area (Å²) in [5.41, 5.74) is 13.6. The molecule has 150 valence electrons. The van der Waals surface area contributed by atoms with E-state index in [0.717, 1.165) is 22.5 Å². The Kier molecular flexibility index (Phi) is 6.04. The Morgan fingerprint density at radius 1 is 1.29 bits per heavy atom. The summed E-state index contributed by atoms with van der Waals surface area (Å²) in [6, 6.07) is 9.15. The van der Waals surface area contributed by atoms with Crippen molar-refractivity contribution >= 4 is 45.8 Å². The van der Waals surface area contributed by atoms with Crippen LogP contribution in [0.1, 0.15) is 40.2 Å². The molecule has 0 saturated heterocycles. The fraction of sp³-hybridized carbons (Fsp3) is 0.368. The van der Waals surface area contributed by atoms with Crippen molar-refractivity contribution in [3.8, 4) is 0 Å². The molecular formula is C19H24N4O3S2. The zero-order chi connectivity index (χ0) is 20.4. The van der Waals surface area contributed by atoms with Gasteiger partial charge in [0, 0.05) is 12.1 Å². The van der Waals surface area contributed by atoms with E-state index < -0.39 is 18.0 Å². The molecule has 2 unspecified atom stereocenters. The number of amides is 2. The lowest BCUT2D eigenvalue weighted by Gasteiger charge is -2.47. The van der Waals surface area contributed by atoms with Crippen molar-refractivity contribution in [2.24, 2.45) is 5.73 Å². The van der Waals surface area contributed by atoms with Crippen LogP contribution in [0.25, 0.3) is 0 Å². The summed E-state index contributed by atoms with van der Waals surface area (Å²) < 4.78 is 5.13. The van der Waals surface area contributed by atoms with Crippen LogP contribution in [0.5, 0.6) is 0 Å². The molecule has 2 heterocycles. The number of primary amides is 1. The lowest BCUT2D eigenvalue weighted by Crippen LogP contribution is -2.54. The first-order chi connectivity index (χ1) is 13.5. The first-order valence-corrected chi connectivity index (χ1v) is 11.0. The third kappa shape index (κ3) is 3.29. The average molecular weight is 421 g/mol. The SMILES string of the molecule is CCCN1c2sc(C(N)=O)c(N)c2C(c2ccccc2)N(C(=O)OC)C1SC. The summed E-state index contributed by atoms with van der Waals surface area (Å²) in [5.74, 6) is -0.564. The highest BCUT2D eigenvalue weighted by molar-refractivity contribution is 7.99. The number of nitrogens with zero attached hydrogens (tertiary/aromatic N) is 2. The molecule has 1 aliphatic rings. The van der Waals surface area contributed by atoms with Crippen LogP contribution in [-0.2, 0) is 4.74 Å². The number of hydrogen-bond acceptors (Lipinski definition) is 7. The van der Waals surface area contributed by atoms with E-state index in [4.69, 9.17) is 16.2 Å². The second-order valence-corrected chi connectivity index (χ2v) is 8.27. The van der Waals surface area contributed by atoms with Crippen LogP contribution in [-0.4, -0.2) is 42.3 Å². The number of nitrogen functional groups attached to an aromatic ring is 1. The minimum atomic E-state index is -0.564. The standard InChI is InChI=1S/C19H24N4O3S2/c1-4-10-22-17-12(13(20)15(28-17)16(21)24)14(11-8-6-5-7-9-11)23(18(22)27-3)19(25)26-2/h5-9,14,18H,4,10,20H2,1-3H3,(H2,21,24). The van der Waals surface area contributed by atoms with E-state index in [1.165, 1.54) is 30.2 Å². The van der Waals surface area contributed by atoms with Gasteiger partial charge in [0.2, 0.25) is 0 Å². The molecule has 0 bridgehead atoms. The molecule has 1 aromatic carbocycles. The van der Waals surface area contributed by atoms with E-state index in [2.05, 4.69) is 11.8 Å². The molecule has 9 heteroatoms. The lowest BCUT2D eigenvalue weighted by atomic mass is 9.95. The third-order valence-electron chi connectivity index (χ3n) is 4.68. The van der Waals surface area contributed by atoms with Crippen molar-refractivity contribution in [1.29, 1.82) is 0 Å². The van der Waals surface area contributed by atoms with Crippen LogP contribution in [0.4, 0.5) is 15.5 Å². The maximum absolute atomic E-state index is 12.9. The van der Waals surface area contributed by atoms with Crippen molar-refractivity contribution in [3.63, 3.8) is 0 Å². The molecule has 1 aliphatic heterocycles. The maximum Gasteiger partial charge on any atom is 0.412 e. The van der Waals surface area contributed by atoms with E-state index >= 15 is 0 Å². The summed E-state index contributed by atoms with van der Waals surface area (Å²) in [7, 11) is 1.37. The van der Waals surface area contributed by atoms with Crippen LogP contribution in [0, 0.1) is 0 Å². The van der Waals surface area contributed by atoms with Gasteiger partial charge in [0.25, 0.3) is 5.91 Å². The molecule has 2 atom stereocenters. The number of rotatable bonds is 5. The predicted octanol–water partition coefficient (Wildman–Crippen LogP) is 3.46. The fourth-order valence-electron chi connectivity index (χ4n) is 3.58. The van der Waals surface area contributed by atoms with Crippen LogP contribution >= 0.6 is 23.1 Å². The number of hydrogen-bond donors (Lipinski definition) is 2. The van der Waals surface area contributed by atoms with Crippen LogP contribution < -0.4 is 16.4 Å². The van der Waals surface area contributed by atoms with Gasteiger partial charge in [-0.2, -0.15) is 0 Å². The van der Waals surface area contributed by atoms with Crippen LogP contribution in [0.3, 0.4) is 0 Å². The molecule has 1 aromatic heterocycles. The molecule has 0 fully saturated rings. The van der Waals surface area contributed by atoms with Crippen LogP contribution in [0.2, 0.25) is 0 Å². The summed E-state index contributed by atoms with van der Waals surface area (Å²) in [6.07, 6.45) is 2.36. The molecule has 0 saturated carbocycles. The number of benzene rings is 1. The van der Waals surface area contributed by atoms with Gasteiger partial charge in [0.1, 0.15) is 9.88 Å². The number of methoxy groups -OCH3 is 1. The number of thioether (sulfide) groups is 1. The quantitative estimate of drug-likeness (QED) is 0.768. The van der Waals surface area contributed by atoms with E-state index in [1.54, 1.807) is 4.90 Å². The molecule has 28 heavy (non-hydrogen) atoms. The number of fused-ring (bicyclic) bond motifs is 1. The summed E-state index contributed by atoms with van der Waals surface area (Å²) >= 11 is 2.82. The first-order valence-electron chi connectivity index (χ1n) is 8.88. The van der Waals surface area contributed by atoms with E-state index in [-0.39, 0.29) is 5.50 Å². The van der Waals surface area contributed by atoms with Gasteiger partial charge in [-0.3, -0.25) is 9.69 Å². The van der Waals surface area contributed by atoms with Gasteiger partial charge in [-0.05, 0) is 18.2 Å². The molecular weight excluding hydrogens is 396 g/mol. The topological polar surface area (TPSA) is 102 Å². The Bertz CT molecular complexity index is 872. The van der Waals surface area contributed by atoms with Gasteiger partial charge < -0.3 is 21.1 Å². The van der Waals surface area contributed by atoms with Crippen molar-refractivity contribution in [2.75, 3.05) is 30.5 Å². The van der Waals surface area contributed by atoms with Gasteiger partial charge in [0.15, 0.2) is 5.50 Å². The molecule has 0 radical (unpaired) electrons. The molecule has 3 rings (SSSR count). The number of ether oxygens (including phenoxy) is 1. The van der Waals surface area contributed by atoms with E-state index in [0.29, 0.717) is 17.1 Å². The van der Waals surface area contributed by atoms with Gasteiger partial charge in [-0.15, -0.1) is 23.1 Å². The number of carbonyl (C=O) groups excluding carboxylic acids is 2. The molecule has 7 nitrogen and oxygen atoms in total. The van der Waals surface area contributed by atoms with E-state index in [1.807, 2.05) is 36.6 Å². The van der Waals surface area contributed by atoms with Gasteiger partial charge >= 0.3 is 6.09 Å². The number of carbonyl (C=O) groups is 2. The van der Waals surface area contributed by atoms with Crippen molar-refractivity contribution in [1.82, 2.24) is 4.90 Å². The van der Waals surface area contributed by atoms with Crippen molar-refractivity contribution in [3.05, 3.63) is 46.3 Å². The van der Waals surface area contributed by atoms with E-state index in [9.17, 15) is 9.59 Å². The minimum absolute atomic E-state index is 0.302. The smallest absolute Gasteiger partial charge is 0.412 e. The largest absolute Gasteiger partial charge is 0.453 e. The molecule has 2 aromatic rings. The number of nitrogens with two attached hydrogens (primary N) is 2. The van der Waals surface area contributed by atoms with Gasteiger partial charge in [-0.25, -0.2) is 4.79 Å². The number of anilines is 2. The molecule has 2 amide bonds. The molecule has 4 N–H and O–H groups in total. The summed E-state index contributed by atoms with van der Waals surface area (Å²) in [6.45, 7) is 2.76. The summed E-state index contributed by atoms with van der Waals surface area (Å²) in [4.78, 5) is 29.0. The van der Waals surface area contributed by atoms with Gasteiger partial charge in [-0.1, -0.05) is 37.3 Å². The van der Waals surface area contributed by atoms with Crippen molar-refractivity contribution in [2.45, 2.75) is 24.9 Å². The highest BCUT2D eigenvalue weighted by Gasteiger charge is 2.45.